The lowest BCUT2D eigenvalue weighted by atomic mass is 9.78. The topological polar surface area (TPSA) is 56.4 Å². The van der Waals surface area contributed by atoms with Gasteiger partial charge in [-0.15, -0.1) is 11.3 Å². The maximum absolute atomic E-state index is 11.8. The van der Waals surface area contributed by atoms with Crippen LogP contribution < -0.4 is 11.1 Å². The molecule has 0 saturated carbocycles. The van der Waals surface area contributed by atoms with Crippen LogP contribution in [-0.4, -0.2) is 17.2 Å². The number of piperidine rings is 1. The van der Waals surface area contributed by atoms with Crippen molar-refractivity contribution in [2.75, 3.05) is 6.61 Å². The first-order chi connectivity index (χ1) is 12.9. The molecule has 5 nitrogen and oxygen atoms in total. The van der Waals surface area contributed by atoms with E-state index in [4.69, 9.17) is 20.8 Å². The third-order valence-electron chi connectivity index (χ3n) is 5.82. The van der Waals surface area contributed by atoms with Crippen LogP contribution in [0.3, 0.4) is 0 Å². The van der Waals surface area contributed by atoms with E-state index in [1.54, 1.807) is 23.0 Å². The Morgan fingerprint density at radius 2 is 2.19 bits per heavy atom. The molecule has 1 aromatic carbocycles. The van der Waals surface area contributed by atoms with Gasteiger partial charge in [-0.3, -0.25) is 4.57 Å². The molecular formula is C20H21ClN2O3S. The maximum Gasteiger partial charge on any atom is 0.419 e. The zero-order chi connectivity index (χ0) is 18.8. The Balaban J connectivity index is 1.57. The van der Waals surface area contributed by atoms with Gasteiger partial charge in [0.05, 0.1) is 16.5 Å². The van der Waals surface area contributed by atoms with Crippen molar-refractivity contribution in [3.8, 4) is 0 Å². The Bertz CT molecular complexity index is 1080. The third kappa shape index (κ3) is 2.78. The summed E-state index contributed by atoms with van der Waals surface area (Å²) in [6, 6.07) is 8.51. The standard InChI is InChI=1S/C20H21ClN2O3S/c1-11-9-20(18-13(5-6-25-20)8-17(21)27-18)10-14(22-11)12-3-4-16-15(7-12)23(2)19(24)26-16/h3-4,7-8,11,14,22H,5-6,9-10H2,1-2H3/t11-,14-,20-/m0/s1. The molecule has 2 aromatic heterocycles. The minimum Gasteiger partial charge on any atom is -0.408 e. The number of benzene rings is 1. The van der Waals surface area contributed by atoms with Crippen molar-refractivity contribution in [3.05, 3.63) is 55.2 Å². The van der Waals surface area contributed by atoms with E-state index in [1.165, 1.54) is 10.4 Å². The Labute approximate surface area is 165 Å². The zero-order valence-electron chi connectivity index (χ0n) is 15.3. The summed E-state index contributed by atoms with van der Waals surface area (Å²) in [7, 11) is 1.74. The van der Waals surface area contributed by atoms with Gasteiger partial charge in [-0.2, -0.15) is 0 Å². The number of fused-ring (bicyclic) bond motifs is 3. The van der Waals surface area contributed by atoms with Gasteiger partial charge >= 0.3 is 5.76 Å². The number of rotatable bonds is 1. The summed E-state index contributed by atoms with van der Waals surface area (Å²) in [5.74, 6) is -0.336. The van der Waals surface area contributed by atoms with Gasteiger partial charge in [-0.1, -0.05) is 17.7 Å². The van der Waals surface area contributed by atoms with Crippen LogP contribution >= 0.6 is 22.9 Å². The van der Waals surface area contributed by atoms with E-state index in [2.05, 4.69) is 24.4 Å². The van der Waals surface area contributed by atoms with E-state index in [9.17, 15) is 4.79 Å². The third-order valence-corrected chi connectivity index (χ3v) is 7.31. The number of aryl methyl sites for hydroxylation is 1. The molecule has 5 rings (SSSR count). The van der Waals surface area contributed by atoms with Crippen LogP contribution in [0.4, 0.5) is 0 Å². The molecule has 27 heavy (non-hydrogen) atoms. The second-order valence-electron chi connectivity index (χ2n) is 7.68. The van der Waals surface area contributed by atoms with Crippen molar-refractivity contribution in [1.29, 1.82) is 0 Å². The van der Waals surface area contributed by atoms with E-state index in [0.717, 1.165) is 41.3 Å². The molecule has 142 valence electrons. The summed E-state index contributed by atoms with van der Waals surface area (Å²) in [6.07, 6.45) is 2.70. The number of ether oxygens (including phenoxy) is 1. The fraction of sp³-hybridized carbons (Fsp3) is 0.450. The molecule has 2 aliphatic rings. The molecule has 3 atom stereocenters. The summed E-state index contributed by atoms with van der Waals surface area (Å²) in [5, 5.41) is 3.71. The highest BCUT2D eigenvalue weighted by Gasteiger charge is 2.46. The van der Waals surface area contributed by atoms with Crippen molar-refractivity contribution < 1.29 is 9.15 Å². The van der Waals surface area contributed by atoms with E-state index in [-0.39, 0.29) is 17.4 Å². The predicted octanol–water partition coefficient (Wildman–Crippen LogP) is 4.13. The van der Waals surface area contributed by atoms with E-state index in [0.29, 0.717) is 11.6 Å². The fourth-order valence-electron chi connectivity index (χ4n) is 4.63. The number of thiophene rings is 1. The number of halogens is 1. The van der Waals surface area contributed by atoms with Crippen molar-refractivity contribution in [3.63, 3.8) is 0 Å². The summed E-state index contributed by atoms with van der Waals surface area (Å²) in [6.45, 7) is 2.93. The minimum absolute atomic E-state index is 0.134. The molecule has 1 saturated heterocycles. The number of nitrogens with zero attached hydrogens (tertiary/aromatic N) is 1. The molecular weight excluding hydrogens is 384 g/mol. The van der Waals surface area contributed by atoms with Gasteiger partial charge in [0.2, 0.25) is 0 Å². The number of hydrogen-bond acceptors (Lipinski definition) is 5. The van der Waals surface area contributed by atoms with Crippen LogP contribution in [0.2, 0.25) is 4.34 Å². The number of aromatic nitrogens is 1. The molecule has 7 heteroatoms. The summed E-state index contributed by atoms with van der Waals surface area (Å²) < 4.78 is 14.1. The van der Waals surface area contributed by atoms with Gasteiger partial charge in [0.15, 0.2) is 5.58 Å². The largest absolute Gasteiger partial charge is 0.419 e. The molecule has 0 unspecified atom stereocenters. The van der Waals surface area contributed by atoms with Gasteiger partial charge in [0.25, 0.3) is 0 Å². The number of hydrogen-bond donors (Lipinski definition) is 1. The van der Waals surface area contributed by atoms with Crippen molar-refractivity contribution >= 4 is 34.0 Å². The van der Waals surface area contributed by atoms with Gasteiger partial charge in [-0.05, 0) is 49.1 Å². The smallest absolute Gasteiger partial charge is 0.408 e. The van der Waals surface area contributed by atoms with Crippen molar-refractivity contribution in [2.24, 2.45) is 7.05 Å². The molecule has 1 N–H and O–H groups in total. The molecule has 2 aliphatic heterocycles. The number of nitrogens with one attached hydrogen (secondary N) is 1. The quantitative estimate of drug-likeness (QED) is 0.662. The minimum atomic E-state index is -0.336. The van der Waals surface area contributed by atoms with E-state index >= 15 is 0 Å². The lowest BCUT2D eigenvalue weighted by molar-refractivity contribution is -0.0954. The van der Waals surface area contributed by atoms with Crippen LogP contribution in [-0.2, 0) is 23.8 Å². The summed E-state index contributed by atoms with van der Waals surface area (Å²) in [4.78, 5) is 13.1. The first-order valence-corrected chi connectivity index (χ1v) is 10.4. The van der Waals surface area contributed by atoms with Crippen LogP contribution in [0, 0.1) is 0 Å². The van der Waals surface area contributed by atoms with Gasteiger partial charge in [-0.25, -0.2) is 4.79 Å². The summed E-state index contributed by atoms with van der Waals surface area (Å²) >= 11 is 7.99. The monoisotopic (exact) mass is 404 g/mol. The Morgan fingerprint density at radius 1 is 1.33 bits per heavy atom. The second-order valence-corrected chi connectivity index (χ2v) is 9.36. The second kappa shape index (κ2) is 6.21. The lowest BCUT2D eigenvalue weighted by Crippen LogP contribution is -2.49. The molecule has 1 spiro atoms. The van der Waals surface area contributed by atoms with Crippen LogP contribution in [0.5, 0.6) is 0 Å². The molecule has 0 amide bonds. The molecule has 0 bridgehead atoms. The van der Waals surface area contributed by atoms with Gasteiger partial charge in [0, 0.05) is 30.4 Å². The highest BCUT2D eigenvalue weighted by Crippen LogP contribution is 2.50. The molecule has 0 radical (unpaired) electrons. The molecule has 3 aromatic rings. The highest BCUT2D eigenvalue weighted by molar-refractivity contribution is 7.16. The van der Waals surface area contributed by atoms with Crippen molar-refractivity contribution in [2.45, 2.75) is 43.9 Å². The Kier molecular flexibility index (Phi) is 4.02. The summed E-state index contributed by atoms with van der Waals surface area (Å²) in [5.41, 5.74) is 3.61. The predicted molar refractivity (Wildman–Crippen MR) is 107 cm³/mol. The average Bonchev–Trinajstić information content (AvgIpc) is 3.15. The highest BCUT2D eigenvalue weighted by atomic mass is 35.5. The van der Waals surface area contributed by atoms with Crippen LogP contribution in [0.25, 0.3) is 11.1 Å². The van der Waals surface area contributed by atoms with Crippen LogP contribution in [0.1, 0.15) is 41.8 Å². The Morgan fingerprint density at radius 3 is 3.04 bits per heavy atom. The SMILES string of the molecule is C[C@H]1C[C@@]2(C[C@@H](c3ccc4oc(=O)n(C)c4c3)N1)OCCc1cc(Cl)sc12. The Hall–Kier alpha value is -1.60. The maximum atomic E-state index is 11.8. The zero-order valence-corrected chi connectivity index (χ0v) is 16.8. The molecule has 1 fully saturated rings. The van der Waals surface area contributed by atoms with E-state index in [1.807, 2.05) is 12.1 Å². The average molecular weight is 405 g/mol. The van der Waals surface area contributed by atoms with Gasteiger partial charge in [0.1, 0.15) is 5.60 Å². The van der Waals surface area contributed by atoms with Crippen LogP contribution in [0.15, 0.2) is 33.5 Å². The van der Waals surface area contributed by atoms with E-state index < -0.39 is 0 Å². The molecule has 4 heterocycles. The lowest BCUT2D eigenvalue weighted by Gasteiger charge is -2.46. The fourth-order valence-corrected chi connectivity index (χ4v) is 6.10. The van der Waals surface area contributed by atoms with Gasteiger partial charge < -0.3 is 14.5 Å². The van der Waals surface area contributed by atoms with Crippen molar-refractivity contribution in [1.82, 2.24) is 9.88 Å². The first-order valence-electron chi connectivity index (χ1n) is 9.23. The normalized spacial score (nSPS) is 28.0. The first kappa shape index (κ1) is 17.5. The molecule has 0 aliphatic carbocycles. The number of oxazole rings is 1.